The zero-order valence-corrected chi connectivity index (χ0v) is 53.4. The van der Waals surface area contributed by atoms with Gasteiger partial charge >= 0.3 is 19.8 Å². The Labute approximate surface area is 493 Å². The summed E-state index contributed by atoms with van der Waals surface area (Å²) < 4.78 is 34.7. The summed E-state index contributed by atoms with van der Waals surface area (Å²) in [4.78, 5) is 35.8. The predicted molar refractivity (Wildman–Crippen MR) is 344 cm³/mol. The van der Waals surface area contributed by atoms with Crippen LogP contribution in [-0.4, -0.2) is 74.9 Å². The van der Waals surface area contributed by atoms with Crippen molar-refractivity contribution >= 4 is 19.8 Å². The van der Waals surface area contributed by atoms with E-state index in [0.29, 0.717) is 17.4 Å². The van der Waals surface area contributed by atoms with Crippen LogP contribution in [0.1, 0.15) is 284 Å². The van der Waals surface area contributed by atoms with Gasteiger partial charge in [0.15, 0.2) is 6.10 Å². The maximum absolute atomic E-state index is 12.9. The molecule has 0 aromatic rings. The molecular formula is C70H125NO8P+. The molecule has 0 aliphatic rings. The highest BCUT2D eigenvalue weighted by atomic mass is 31.2. The monoisotopic (exact) mass is 1140 g/mol. The lowest BCUT2D eigenvalue weighted by molar-refractivity contribution is -0.870. The van der Waals surface area contributed by atoms with Crippen LogP contribution in [0.3, 0.4) is 0 Å². The van der Waals surface area contributed by atoms with Crippen LogP contribution in [-0.2, 0) is 32.7 Å². The topological polar surface area (TPSA) is 108 Å². The van der Waals surface area contributed by atoms with Gasteiger partial charge in [-0.15, -0.1) is 0 Å². The second-order valence-corrected chi connectivity index (χ2v) is 24.6. The molecule has 0 aliphatic heterocycles. The first kappa shape index (κ1) is 76.9. The molecule has 462 valence electrons. The van der Waals surface area contributed by atoms with Gasteiger partial charge in [0.2, 0.25) is 0 Å². The number of likely N-dealkylation sites (N-methyl/N-ethyl adjacent to an activating group) is 1. The Morgan fingerprint density at radius 1 is 0.400 bits per heavy atom. The van der Waals surface area contributed by atoms with E-state index in [-0.39, 0.29) is 32.0 Å². The Morgan fingerprint density at radius 3 is 1.07 bits per heavy atom. The molecule has 0 rings (SSSR count). The Bertz CT molecular complexity index is 1670. The van der Waals surface area contributed by atoms with E-state index in [1.165, 1.54) is 161 Å². The first-order valence-electron chi connectivity index (χ1n) is 33.0. The highest BCUT2D eigenvalue weighted by Gasteiger charge is 2.27. The molecule has 10 heteroatoms. The minimum atomic E-state index is -4.40. The number of phosphoric acid groups is 1. The van der Waals surface area contributed by atoms with E-state index in [2.05, 4.69) is 111 Å². The van der Waals surface area contributed by atoms with Crippen molar-refractivity contribution in [1.82, 2.24) is 0 Å². The van der Waals surface area contributed by atoms with Crippen molar-refractivity contribution in [3.05, 3.63) is 97.2 Å². The van der Waals surface area contributed by atoms with E-state index < -0.39 is 26.5 Å². The molecule has 0 saturated carbocycles. The van der Waals surface area contributed by atoms with Crippen molar-refractivity contribution in [2.24, 2.45) is 0 Å². The molecule has 0 aliphatic carbocycles. The van der Waals surface area contributed by atoms with E-state index in [1.807, 2.05) is 21.1 Å². The Morgan fingerprint density at radius 2 is 0.713 bits per heavy atom. The van der Waals surface area contributed by atoms with Crippen molar-refractivity contribution in [3.8, 4) is 0 Å². The Hall–Kier alpha value is -3.07. The number of carbonyl (C=O) groups excluding carboxylic acids is 2. The summed E-state index contributed by atoms with van der Waals surface area (Å²) in [6, 6.07) is 0. The van der Waals surface area contributed by atoms with Gasteiger partial charge in [0.25, 0.3) is 0 Å². The number of nitrogens with zero attached hydrogens (tertiary/aromatic N) is 1. The number of allylic oxidation sites excluding steroid dienone is 16. The molecule has 0 amide bonds. The molecule has 0 heterocycles. The number of hydrogen-bond donors (Lipinski definition) is 1. The minimum Gasteiger partial charge on any atom is -0.462 e. The number of rotatable bonds is 60. The number of unbranched alkanes of at least 4 members (excludes halogenated alkanes) is 30. The van der Waals surface area contributed by atoms with Crippen LogP contribution >= 0.6 is 7.82 Å². The van der Waals surface area contributed by atoms with Crippen molar-refractivity contribution < 1.29 is 42.1 Å². The van der Waals surface area contributed by atoms with Crippen LogP contribution in [0.4, 0.5) is 0 Å². The van der Waals surface area contributed by atoms with E-state index in [9.17, 15) is 19.0 Å². The second kappa shape index (κ2) is 60.5. The largest absolute Gasteiger partial charge is 0.472 e. The van der Waals surface area contributed by atoms with Gasteiger partial charge in [-0.3, -0.25) is 18.6 Å². The van der Waals surface area contributed by atoms with Gasteiger partial charge in [0.05, 0.1) is 27.7 Å². The highest BCUT2D eigenvalue weighted by molar-refractivity contribution is 7.47. The number of esters is 2. The molecule has 0 saturated heterocycles. The fourth-order valence-electron chi connectivity index (χ4n) is 9.05. The van der Waals surface area contributed by atoms with Crippen LogP contribution in [0.5, 0.6) is 0 Å². The highest BCUT2D eigenvalue weighted by Crippen LogP contribution is 2.43. The molecule has 0 aromatic heterocycles. The zero-order chi connectivity index (χ0) is 58.4. The smallest absolute Gasteiger partial charge is 0.462 e. The van der Waals surface area contributed by atoms with Gasteiger partial charge in [-0.05, 0) is 96.3 Å². The minimum absolute atomic E-state index is 0.0256. The molecular weight excluding hydrogens is 1010 g/mol. The predicted octanol–water partition coefficient (Wildman–Crippen LogP) is 21.2. The third-order valence-corrected chi connectivity index (χ3v) is 15.1. The Balaban J connectivity index is 4.14. The molecule has 0 aromatic carbocycles. The van der Waals surface area contributed by atoms with Crippen LogP contribution in [0.25, 0.3) is 0 Å². The number of quaternary nitrogens is 1. The van der Waals surface area contributed by atoms with Gasteiger partial charge in [0.1, 0.15) is 19.8 Å². The molecule has 2 unspecified atom stereocenters. The SMILES string of the molecule is CC/C=C\C/C=C\C/C=C\C/C=C\C/C=C\C/C=C\C/C=C\CCCCCCCCCC(=O)OC(COC(=O)CCCCCCCCCCCCCCCCC/C=C\CCCCCCCCCC)COP(=O)(O)OCC[N+](C)(C)C. The van der Waals surface area contributed by atoms with Crippen molar-refractivity contribution in [3.63, 3.8) is 0 Å². The summed E-state index contributed by atoms with van der Waals surface area (Å²) in [5, 5.41) is 0. The van der Waals surface area contributed by atoms with Crippen molar-refractivity contribution in [2.75, 3.05) is 47.5 Å². The van der Waals surface area contributed by atoms with Crippen molar-refractivity contribution in [2.45, 2.75) is 290 Å². The third kappa shape index (κ3) is 64.1. The quantitative estimate of drug-likeness (QED) is 0.0211. The van der Waals surface area contributed by atoms with Crippen LogP contribution < -0.4 is 0 Å². The summed E-state index contributed by atoms with van der Waals surface area (Å²) in [7, 11) is 1.46. The molecule has 0 spiro atoms. The van der Waals surface area contributed by atoms with Gasteiger partial charge in [0, 0.05) is 12.8 Å². The van der Waals surface area contributed by atoms with Gasteiger partial charge in [-0.25, -0.2) is 4.57 Å². The number of phosphoric ester groups is 1. The fraction of sp³-hybridized carbons (Fsp3) is 0.743. The average Bonchev–Trinajstić information content (AvgIpc) is 3.42. The lowest BCUT2D eigenvalue weighted by Crippen LogP contribution is -2.37. The lowest BCUT2D eigenvalue weighted by atomic mass is 10.0. The molecule has 2 atom stereocenters. The molecule has 0 radical (unpaired) electrons. The van der Waals surface area contributed by atoms with E-state index in [4.69, 9.17) is 18.5 Å². The number of ether oxygens (including phenoxy) is 2. The first-order valence-corrected chi connectivity index (χ1v) is 34.5. The molecule has 80 heavy (non-hydrogen) atoms. The molecule has 0 fully saturated rings. The summed E-state index contributed by atoms with van der Waals surface area (Å²) in [5.74, 6) is -0.806. The molecule has 1 N–H and O–H groups in total. The second-order valence-electron chi connectivity index (χ2n) is 23.1. The van der Waals surface area contributed by atoms with Crippen LogP contribution in [0.15, 0.2) is 97.2 Å². The Kier molecular flexibility index (Phi) is 58.2. The standard InChI is InChI=1S/C70H124NO8P/c1-6-8-10-12-14-16-18-20-22-24-26-28-30-32-34-35-37-39-41-43-45-47-49-51-53-55-57-59-61-63-70(73)79-68(67-78-80(74,75)77-65-64-71(3,4)5)66-76-69(72)62-60-58-56-54-52-50-48-46-44-42-40-38-36-33-31-29-27-25-23-21-19-17-15-13-11-9-7-2/h8,10,14,16,20,22,25-28,32,34,37,39,43,45,68H,6-7,9,11-13,15,17-19,21,23-24,29-31,33,35-36,38,40-42,44,46-67H2,1-5H3/p+1/b10-8-,16-14-,22-20-,27-25-,28-26-,34-32-,39-37-,45-43-. The summed E-state index contributed by atoms with van der Waals surface area (Å²) in [6.07, 6.45) is 83.5. The average molecular weight is 1140 g/mol. The summed E-state index contributed by atoms with van der Waals surface area (Å²) in [5.41, 5.74) is 0. The summed E-state index contributed by atoms with van der Waals surface area (Å²) >= 11 is 0. The van der Waals surface area contributed by atoms with E-state index >= 15 is 0 Å². The number of hydrogen-bond acceptors (Lipinski definition) is 7. The normalized spacial score (nSPS) is 13.8. The van der Waals surface area contributed by atoms with Crippen LogP contribution in [0.2, 0.25) is 0 Å². The molecule has 9 nitrogen and oxygen atoms in total. The van der Waals surface area contributed by atoms with Gasteiger partial charge in [-0.1, -0.05) is 272 Å². The van der Waals surface area contributed by atoms with Crippen molar-refractivity contribution in [1.29, 1.82) is 0 Å². The van der Waals surface area contributed by atoms with Gasteiger partial charge < -0.3 is 18.9 Å². The number of carbonyl (C=O) groups is 2. The summed E-state index contributed by atoms with van der Waals surface area (Å²) in [6.45, 7) is 4.33. The van der Waals surface area contributed by atoms with Crippen LogP contribution in [0, 0.1) is 0 Å². The maximum Gasteiger partial charge on any atom is 0.472 e. The third-order valence-electron chi connectivity index (χ3n) is 14.1. The fourth-order valence-corrected chi connectivity index (χ4v) is 9.79. The zero-order valence-electron chi connectivity index (χ0n) is 52.5. The first-order chi connectivity index (χ1) is 39.0. The van der Waals surface area contributed by atoms with E-state index in [0.717, 1.165) is 89.9 Å². The maximum atomic E-state index is 12.9. The van der Waals surface area contributed by atoms with Gasteiger partial charge in [-0.2, -0.15) is 0 Å². The molecule has 0 bridgehead atoms. The lowest BCUT2D eigenvalue weighted by Gasteiger charge is -2.24. The van der Waals surface area contributed by atoms with E-state index in [1.54, 1.807) is 0 Å².